The topological polar surface area (TPSA) is 307 Å². The number of rotatable bonds is 46. The average Bonchev–Trinajstić information content (AvgIpc) is 2.98. The maximum Gasteiger partial charge on any atom is 0.220 e. The van der Waals surface area contributed by atoms with E-state index in [0.717, 1.165) is 83.5 Å². The lowest BCUT2D eigenvalue weighted by atomic mass is 9.96. The molecule has 0 aromatic carbocycles. The van der Waals surface area contributed by atoms with Crippen LogP contribution < -0.4 is 5.32 Å². The summed E-state index contributed by atoms with van der Waals surface area (Å²) in [4.78, 5) is 13.3. The van der Waals surface area contributed by atoms with Crippen LogP contribution in [0.25, 0.3) is 0 Å². The molecule has 0 saturated carbocycles. The van der Waals surface area contributed by atoms with E-state index in [4.69, 9.17) is 28.4 Å². The highest BCUT2D eigenvalue weighted by atomic mass is 16.8. The van der Waals surface area contributed by atoms with Gasteiger partial charge >= 0.3 is 0 Å². The third kappa shape index (κ3) is 29.8. The number of aliphatic hydroxyl groups excluding tert-OH is 11. The lowest BCUT2D eigenvalue weighted by molar-refractivity contribution is -0.379. The second-order valence-electron chi connectivity index (χ2n) is 22.5. The standard InChI is InChI=1S/C65H111NO18/c1-3-5-7-9-11-13-15-17-18-19-20-21-22-23-24-25-26-27-28-29-30-31-33-35-37-39-41-43-53(71)66-48(49(70)42-40-38-36-34-32-16-14-12-10-8-6-4-2)47-79-63-59(77)56(74)61(51(45-68)81-63)84-65-60(78)57(75)62(52(46-69)82-65)83-64-58(76)55(73)54(72)50(44-67)80-64/h5,7,11,13,17-18,20-21,23-24,32,34,40,42,48-52,54-65,67-70,72-78H,3-4,6,8-10,12,14-16,19,22,25-31,33,35-39,41,43-47H2,1-2H3,(H,66,71)/b7-5-,13-11-,18-17-,21-20-,24-23-,34-32+,42-40+. The number of aliphatic hydroxyl groups is 11. The summed E-state index contributed by atoms with van der Waals surface area (Å²) in [6, 6.07) is -0.995. The number of allylic oxidation sites excluding steroid dienone is 13. The summed E-state index contributed by atoms with van der Waals surface area (Å²) in [5, 5.41) is 120. The van der Waals surface area contributed by atoms with Gasteiger partial charge in [0, 0.05) is 6.42 Å². The van der Waals surface area contributed by atoms with Gasteiger partial charge in [0.15, 0.2) is 18.9 Å². The first-order valence-corrected chi connectivity index (χ1v) is 31.8. The van der Waals surface area contributed by atoms with Gasteiger partial charge in [0.2, 0.25) is 5.91 Å². The van der Waals surface area contributed by atoms with Crippen molar-refractivity contribution in [3.05, 3.63) is 85.1 Å². The normalized spacial score (nSPS) is 29.8. The van der Waals surface area contributed by atoms with Gasteiger partial charge in [0.05, 0.1) is 38.6 Å². The number of ether oxygens (including phenoxy) is 6. The number of carbonyl (C=O) groups is 1. The van der Waals surface area contributed by atoms with Crippen molar-refractivity contribution in [2.45, 2.75) is 291 Å². The fraction of sp³-hybridized carbons (Fsp3) is 0.769. The second-order valence-corrected chi connectivity index (χ2v) is 22.5. The quantitative estimate of drug-likeness (QED) is 0.0221. The minimum Gasteiger partial charge on any atom is -0.394 e. The number of amides is 1. The Morgan fingerprint density at radius 1 is 0.440 bits per heavy atom. The first-order chi connectivity index (χ1) is 40.8. The molecule has 3 saturated heterocycles. The Morgan fingerprint density at radius 3 is 1.33 bits per heavy atom. The summed E-state index contributed by atoms with van der Waals surface area (Å²) in [6.45, 7) is 1.55. The molecule has 0 bridgehead atoms. The van der Waals surface area contributed by atoms with Gasteiger partial charge in [-0.15, -0.1) is 0 Å². The Labute approximate surface area is 501 Å². The molecule has 3 rings (SSSR count). The highest BCUT2D eigenvalue weighted by Gasteiger charge is 2.53. The predicted octanol–water partition coefficient (Wildman–Crippen LogP) is 6.76. The van der Waals surface area contributed by atoms with E-state index < -0.39 is 124 Å². The molecule has 84 heavy (non-hydrogen) atoms. The molecular formula is C65H111NO18. The van der Waals surface area contributed by atoms with Gasteiger partial charge in [-0.25, -0.2) is 0 Å². The van der Waals surface area contributed by atoms with Crippen molar-refractivity contribution in [2.75, 3.05) is 26.4 Å². The molecule has 12 N–H and O–H groups in total. The van der Waals surface area contributed by atoms with Gasteiger partial charge in [-0.3, -0.25) is 4.79 Å². The Kier molecular flexibility index (Phi) is 42.1. The fourth-order valence-electron chi connectivity index (χ4n) is 10.2. The van der Waals surface area contributed by atoms with Crippen molar-refractivity contribution in [2.24, 2.45) is 0 Å². The Bertz CT molecular complexity index is 1860. The van der Waals surface area contributed by atoms with Gasteiger partial charge in [0.25, 0.3) is 0 Å². The first kappa shape index (κ1) is 75.2. The van der Waals surface area contributed by atoms with Crippen LogP contribution in [0, 0.1) is 0 Å². The van der Waals surface area contributed by atoms with E-state index in [0.29, 0.717) is 12.8 Å². The molecule has 0 spiro atoms. The largest absolute Gasteiger partial charge is 0.394 e. The van der Waals surface area contributed by atoms with Crippen LogP contribution in [0.3, 0.4) is 0 Å². The lowest BCUT2D eigenvalue weighted by Crippen LogP contribution is -2.66. The number of hydrogen-bond acceptors (Lipinski definition) is 18. The van der Waals surface area contributed by atoms with E-state index in [1.165, 1.54) is 70.6 Å². The minimum atomic E-state index is -1.98. The molecule has 0 aromatic rings. The van der Waals surface area contributed by atoms with Crippen LogP contribution in [0.4, 0.5) is 0 Å². The van der Waals surface area contributed by atoms with Gasteiger partial charge in [-0.2, -0.15) is 0 Å². The molecule has 0 aliphatic carbocycles. The molecule has 484 valence electrons. The average molecular weight is 1190 g/mol. The number of unbranched alkanes of at least 4 members (excludes halogenated alkanes) is 18. The van der Waals surface area contributed by atoms with E-state index in [1.54, 1.807) is 6.08 Å². The summed E-state index contributed by atoms with van der Waals surface area (Å²) in [6.07, 6.45) is 31.4. The molecular weight excluding hydrogens is 1080 g/mol. The summed E-state index contributed by atoms with van der Waals surface area (Å²) in [7, 11) is 0. The van der Waals surface area contributed by atoms with Crippen molar-refractivity contribution in [3.63, 3.8) is 0 Å². The maximum atomic E-state index is 13.3. The minimum absolute atomic E-state index is 0.227. The first-order valence-electron chi connectivity index (χ1n) is 31.8. The zero-order chi connectivity index (χ0) is 61.2. The number of nitrogens with one attached hydrogen (secondary N) is 1. The molecule has 0 radical (unpaired) electrons. The maximum absolute atomic E-state index is 13.3. The van der Waals surface area contributed by atoms with E-state index in [9.17, 15) is 61.0 Å². The molecule has 19 nitrogen and oxygen atoms in total. The summed E-state index contributed by atoms with van der Waals surface area (Å²) in [5.74, 6) is -0.294. The predicted molar refractivity (Wildman–Crippen MR) is 323 cm³/mol. The van der Waals surface area contributed by atoms with E-state index in [1.807, 2.05) is 6.08 Å². The van der Waals surface area contributed by atoms with Crippen molar-refractivity contribution in [1.29, 1.82) is 0 Å². The van der Waals surface area contributed by atoms with Gasteiger partial charge in [-0.05, 0) is 77.0 Å². The van der Waals surface area contributed by atoms with E-state index in [-0.39, 0.29) is 18.9 Å². The SMILES string of the molecule is CC/C=C\C/C=C\C/C=C\C/C=C\C/C=C\CCCCCCCCCCCCCC(=O)NC(COC1OC(CO)C(OC2OC(CO)C(OC3OC(CO)C(O)C(O)C3O)C(O)C2O)C(O)C1O)C(O)/C=C/CC/C=C/CCCCCCCC. The van der Waals surface area contributed by atoms with E-state index in [2.05, 4.69) is 92.1 Å². The monoisotopic (exact) mass is 1190 g/mol. The van der Waals surface area contributed by atoms with E-state index >= 15 is 0 Å². The van der Waals surface area contributed by atoms with Crippen LogP contribution >= 0.6 is 0 Å². The molecule has 3 fully saturated rings. The van der Waals surface area contributed by atoms with Crippen molar-refractivity contribution in [1.82, 2.24) is 5.32 Å². The molecule has 19 heteroatoms. The number of carbonyl (C=O) groups excluding carboxylic acids is 1. The fourth-order valence-corrected chi connectivity index (χ4v) is 10.2. The zero-order valence-electron chi connectivity index (χ0n) is 50.6. The molecule has 3 heterocycles. The van der Waals surface area contributed by atoms with Crippen molar-refractivity contribution >= 4 is 5.91 Å². The molecule has 17 atom stereocenters. The second kappa shape index (κ2) is 47.0. The zero-order valence-corrected chi connectivity index (χ0v) is 50.6. The Hall–Kier alpha value is -3.03. The highest BCUT2D eigenvalue weighted by molar-refractivity contribution is 5.76. The van der Waals surface area contributed by atoms with Crippen molar-refractivity contribution < 1.29 is 89.4 Å². The third-order valence-corrected chi connectivity index (χ3v) is 15.4. The molecule has 0 aromatic heterocycles. The number of hydrogen-bond donors (Lipinski definition) is 12. The Balaban J connectivity index is 1.43. The summed E-state index contributed by atoms with van der Waals surface area (Å²) < 4.78 is 34.2. The van der Waals surface area contributed by atoms with Crippen LogP contribution in [0.15, 0.2) is 85.1 Å². The third-order valence-electron chi connectivity index (χ3n) is 15.4. The molecule has 17 unspecified atom stereocenters. The van der Waals surface area contributed by atoms with Crippen LogP contribution in [0.1, 0.15) is 187 Å². The van der Waals surface area contributed by atoms with Crippen LogP contribution in [0.2, 0.25) is 0 Å². The lowest BCUT2D eigenvalue weighted by Gasteiger charge is -2.48. The van der Waals surface area contributed by atoms with Crippen LogP contribution in [0.5, 0.6) is 0 Å². The van der Waals surface area contributed by atoms with Crippen LogP contribution in [-0.2, 0) is 33.2 Å². The smallest absolute Gasteiger partial charge is 0.220 e. The van der Waals surface area contributed by atoms with Gasteiger partial charge in [-0.1, -0.05) is 189 Å². The molecule has 3 aliphatic rings. The molecule has 3 aliphatic heterocycles. The highest BCUT2D eigenvalue weighted by Crippen LogP contribution is 2.33. The van der Waals surface area contributed by atoms with Gasteiger partial charge < -0.3 is 89.9 Å². The van der Waals surface area contributed by atoms with Crippen molar-refractivity contribution in [3.8, 4) is 0 Å². The van der Waals surface area contributed by atoms with Gasteiger partial charge in [0.1, 0.15) is 73.2 Å². The molecule has 1 amide bonds. The van der Waals surface area contributed by atoms with Crippen LogP contribution in [-0.4, -0.2) is 193 Å². The Morgan fingerprint density at radius 2 is 0.833 bits per heavy atom. The summed E-state index contributed by atoms with van der Waals surface area (Å²) >= 11 is 0. The summed E-state index contributed by atoms with van der Waals surface area (Å²) in [5.41, 5.74) is 0.